The Bertz CT molecular complexity index is 563. The first kappa shape index (κ1) is 18.4. The molecule has 0 aliphatic heterocycles. The smallest absolute Gasteiger partial charge is 0.123 e. The molecule has 22 heavy (non-hydrogen) atoms. The molecule has 1 atom stereocenters. The summed E-state index contributed by atoms with van der Waals surface area (Å²) in [6, 6.07) is 14.6. The molecule has 0 radical (unpaired) electrons. The fraction of sp³-hybridized carbons (Fsp3) is 0.294. The summed E-state index contributed by atoms with van der Waals surface area (Å²) in [4.78, 5) is 0. The van der Waals surface area contributed by atoms with Crippen molar-refractivity contribution in [3.05, 3.63) is 65.5 Å². The molecule has 0 bridgehead atoms. The second-order valence-electron chi connectivity index (χ2n) is 5.08. The van der Waals surface area contributed by atoms with E-state index in [0.29, 0.717) is 19.2 Å². The van der Waals surface area contributed by atoms with Gasteiger partial charge >= 0.3 is 0 Å². The molecule has 3 N–H and O–H groups in total. The molecule has 0 aliphatic rings. The fourth-order valence-electron chi connectivity index (χ4n) is 1.87. The van der Waals surface area contributed by atoms with Gasteiger partial charge in [-0.05, 0) is 42.3 Å². The lowest BCUT2D eigenvalue weighted by molar-refractivity contribution is 0.305. The lowest BCUT2D eigenvalue weighted by Crippen LogP contribution is -2.32. The van der Waals surface area contributed by atoms with Gasteiger partial charge in [-0.3, -0.25) is 0 Å². The molecule has 0 fully saturated rings. The van der Waals surface area contributed by atoms with Crippen molar-refractivity contribution in [2.45, 2.75) is 26.1 Å². The van der Waals surface area contributed by atoms with Crippen LogP contribution in [0.5, 0.6) is 5.75 Å². The highest BCUT2D eigenvalue weighted by Crippen LogP contribution is 2.14. The average molecular weight is 325 g/mol. The molecule has 2 aromatic rings. The molecular formula is C17H22ClFN2O. The lowest BCUT2D eigenvalue weighted by Gasteiger charge is -2.11. The minimum Gasteiger partial charge on any atom is -0.489 e. The van der Waals surface area contributed by atoms with Gasteiger partial charge in [-0.25, -0.2) is 4.39 Å². The number of hydrogen-bond donors (Lipinski definition) is 2. The number of hydrogen-bond acceptors (Lipinski definition) is 3. The third-order valence-corrected chi connectivity index (χ3v) is 3.23. The van der Waals surface area contributed by atoms with Gasteiger partial charge < -0.3 is 15.8 Å². The Kier molecular flexibility index (Phi) is 7.88. The van der Waals surface area contributed by atoms with Gasteiger partial charge in [0.15, 0.2) is 0 Å². The molecule has 0 aliphatic carbocycles. The van der Waals surface area contributed by atoms with Gasteiger partial charge in [-0.1, -0.05) is 24.3 Å². The van der Waals surface area contributed by atoms with Gasteiger partial charge in [0.25, 0.3) is 0 Å². The maximum Gasteiger partial charge on any atom is 0.123 e. The molecule has 0 spiro atoms. The SMILES string of the molecule is C[C@@H](CN)NCc1ccc(OCc2cccc(F)c2)cc1.Cl. The van der Waals surface area contributed by atoms with Crippen LogP contribution in [-0.4, -0.2) is 12.6 Å². The van der Waals surface area contributed by atoms with Crippen molar-refractivity contribution in [2.75, 3.05) is 6.54 Å². The second-order valence-corrected chi connectivity index (χ2v) is 5.08. The molecule has 0 saturated carbocycles. The van der Waals surface area contributed by atoms with Gasteiger partial charge in [0.1, 0.15) is 18.2 Å². The van der Waals surface area contributed by atoms with E-state index in [1.165, 1.54) is 17.7 Å². The van der Waals surface area contributed by atoms with Crippen LogP contribution >= 0.6 is 12.4 Å². The number of nitrogens with two attached hydrogens (primary N) is 1. The molecule has 0 amide bonds. The minimum absolute atomic E-state index is 0. The van der Waals surface area contributed by atoms with Crippen LogP contribution < -0.4 is 15.8 Å². The third kappa shape index (κ3) is 6.02. The number of rotatable bonds is 7. The van der Waals surface area contributed by atoms with Gasteiger partial charge in [-0.15, -0.1) is 12.4 Å². The third-order valence-electron chi connectivity index (χ3n) is 3.23. The van der Waals surface area contributed by atoms with Crippen molar-refractivity contribution >= 4 is 12.4 Å². The van der Waals surface area contributed by atoms with E-state index in [1.807, 2.05) is 30.3 Å². The largest absolute Gasteiger partial charge is 0.489 e. The predicted octanol–water partition coefficient (Wildman–Crippen LogP) is 3.26. The first-order valence-corrected chi connectivity index (χ1v) is 7.07. The van der Waals surface area contributed by atoms with E-state index in [-0.39, 0.29) is 18.2 Å². The standard InChI is InChI=1S/C17H21FN2O.ClH/c1-13(10-19)20-11-14-5-7-17(8-6-14)21-12-15-3-2-4-16(18)9-15;/h2-9,13,20H,10-12,19H2,1H3;1H/t13-;/m0./s1. The maximum absolute atomic E-state index is 13.1. The Hall–Kier alpha value is -1.62. The lowest BCUT2D eigenvalue weighted by atomic mass is 10.2. The predicted molar refractivity (Wildman–Crippen MR) is 89.8 cm³/mol. The molecule has 0 unspecified atom stereocenters. The van der Waals surface area contributed by atoms with E-state index in [9.17, 15) is 4.39 Å². The van der Waals surface area contributed by atoms with Crippen molar-refractivity contribution in [2.24, 2.45) is 5.73 Å². The summed E-state index contributed by atoms with van der Waals surface area (Å²) in [7, 11) is 0. The summed E-state index contributed by atoms with van der Waals surface area (Å²) >= 11 is 0. The number of nitrogens with one attached hydrogen (secondary N) is 1. The van der Waals surface area contributed by atoms with E-state index in [1.54, 1.807) is 6.07 Å². The minimum atomic E-state index is -0.244. The molecule has 5 heteroatoms. The highest BCUT2D eigenvalue weighted by atomic mass is 35.5. The first-order valence-electron chi connectivity index (χ1n) is 7.07. The average Bonchev–Trinajstić information content (AvgIpc) is 2.51. The number of ether oxygens (including phenoxy) is 1. The topological polar surface area (TPSA) is 47.3 Å². The maximum atomic E-state index is 13.1. The second kappa shape index (κ2) is 9.41. The zero-order valence-corrected chi connectivity index (χ0v) is 13.4. The number of benzene rings is 2. The Morgan fingerprint density at radius 3 is 2.50 bits per heavy atom. The van der Waals surface area contributed by atoms with Crippen molar-refractivity contribution in [3.8, 4) is 5.75 Å². The number of halogens is 2. The van der Waals surface area contributed by atoms with E-state index in [2.05, 4.69) is 12.2 Å². The van der Waals surface area contributed by atoms with Gasteiger partial charge in [-0.2, -0.15) is 0 Å². The monoisotopic (exact) mass is 324 g/mol. The van der Waals surface area contributed by atoms with E-state index in [0.717, 1.165) is 17.9 Å². The Morgan fingerprint density at radius 1 is 1.14 bits per heavy atom. The summed E-state index contributed by atoms with van der Waals surface area (Å²) in [5.41, 5.74) is 7.55. The zero-order chi connectivity index (χ0) is 15.1. The molecular weight excluding hydrogens is 303 g/mol. The Morgan fingerprint density at radius 2 is 1.86 bits per heavy atom. The molecule has 2 aromatic carbocycles. The molecule has 120 valence electrons. The summed E-state index contributed by atoms with van der Waals surface area (Å²) in [6.45, 7) is 3.81. The van der Waals surface area contributed by atoms with Crippen LogP contribution in [0, 0.1) is 5.82 Å². The fourth-order valence-corrected chi connectivity index (χ4v) is 1.87. The summed E-state index contributed by atoms with van der Waals surface area (Å²) in [5, 5.41) is 3.32. The van der Waals surface area contributed by atoms with Crippen molar-refractivity contribution in [1.29, 1.82) is 0 Å². The molecule has 0 saturated heterocycles. The summed E-state index contributed by atoms with van der Waals surface area (Å²) < 4.78 is 18.7. The van der Waals surface area contributed by atoms with Crippen molar-refractivity contribution in [1.82, 2.24) is 5.32 Å². The van der Waals surface area contributed by atoms with Gasteiger partial charge in [0.2, 0.25) is 0 Å². The molecule has 3 nitrogen and oxygen atoms in total. The quantitative estimate of drug-likeness (QED) is 0.821. The normalized spacial score (nSPS) is 11.6. The van der Waals surface area contributed by atoms with Crippen LogP contribution in [0.4, 0.5) is 4.39 Å². The Labute approximate surface area is 137 Å². The highest BCUT2D eigenvalue weighted by Gasteiger charge is 2.00. The molecule has 2 rings (SSSR count). The van der Waals surface area contributed by atoms with Crippen molar-refractivity contribution < 1.29 is 9.13 Å². The van der Waals surface area contributed by atoms with Crippen LogP contribution in [0.15, 0.2) is 48.5 Å². The van der Waals surface area contributed by atoms with E-state index < -0.39 is 0 Å². The molecule has 0 heterocycles. The van der Waals surface area contributed by atoms with Crippen LogP contribution in [0.3, 0.4) is 0 Å². The van der Waals surface area contributed by atoms with Crippen LogP contribution in [0.1, 0.15) is 18.1 Å². The van der Waals surface area contributed by atoms with Crippen LogP contribution in [0.25, 0.3) is 0 Å². The van der Waals surface area contributed by atoms with Crippen LogP contribution in [-0.2, 0) is 13.2 Å². The van der Waals surface area contributed by atoms with E-state index in [4.69, 9.17) is 10.5 Å². The highest BCUT2D eigenvalue weighted by molar-refractivity contribution is 5.85. The Balaban J connectivity index is 0.00000242. The summed E-state index contributed by atoms with van der Waals surface area (Å²) in [5.74, 6) is 0.529. The van der Waals surface area contributed by atoms with Gasteiger partial charge in [0.05, 0.1) is 0 Å². The van der Waals surface area contributed by atoms with E-state index >= 15 is 0 Å². The van der Waals surface area contributed by atoms with Crippen molar-refractivity contribution in [3.63, 3.8) is 0 Å². The first-order chi connectivity index (χ1) is 10.2. The zero-order valence-electron chi connectivity index (χ0n) is 12.6. The van der Waals surface area contributed by atoms with Gasteiger partial charge in [0, 0.05) is 19.1 Å². The summed E-state index contributed by atoms with van der Waals surface area (Å²) in [6.07, 6.45) is 0. The molecule has 0 aromatic heterocycles. The van der Waals surface area contributed by atoms with Crippen LogP contribution in [0.2, 0.25) is 0 Å².